The molecule has 0 bridgehead atoms. The van der Waals surface area contributed by atoms with Crippen molar-refractivity contribution in [3.8, 4) is 0 Å². The Kier molecular flexibility index (Phi) is 6.88. The van der Waals surface area contributed by atoms with E-state index in [-0.39, 0.29) is 5.91 Å². The highest BCUT2D eigenvalue weighted by Crippen LogP contribution is 2.29. The summed E-state index contributed by atoms with van der Waals surface area (Å²) in [6.07, 6.45) is 7.50. The summed E-state index contributed by atoms with van der Waals surface area (Å²) < 4.78 is 5.86. The average molecular weight is 400 g/mol. The topological polar surface area (TPSA) is 36.0 Å². The predicted octanol–water partition coefficient (Wildman–Crippen LogP) is 2.44. The Morgan fingerprint density at radius 2 is 1.76 bits per heavy atom. The fourth-order valence-corrected chi connectivity index (χ4v) is 5.27. The van der Waals surface area contributed by atoms with Gasteiger partial charge in [-0.2, -0.15) is 0 Å². The number of benzene rings is 1. The van der Waals surface area contributed by atoms with Crippen LogP contribution >= 0.6 is 0 Å². The maximum atomic E-state index is 12.3. The number of nitrogens with zero attached hydrogens (tertiary/aromatic N) is 3. The van der Waals surface area contributed by atoms with Crippen molar-refractivity contribution in [3.05, 3.63) is 35.4 Å². The molecule has 3 aliphatic rings. The molecule has 0 saturated carbocycles. The number of likely N-dealkylation sites (N-methyl/N-ethyl adjacent to an activating group) is 1. The molecule has 0 aromatic heterocycles. The van der Waals surface area contributed by atoms with Crippen molar-refractivity contribution in [1.82, 2.24) is 14.7 Å². The lowest BCUT2D eigenvalue weighted by Gasteiger charge is -2.38. The van der Waals surface area contributed by atoms with Crippen molar-refractivity contribution < 1.29 is 9.53 Å². The number of carbonyl (C=O) groups excluding carboxylic acids is 1. The van der Waals surface area contributed by atoms with Gasteiger partial charge in [-0.05, 0) is 68.7 Å². The molecular weight excluding hydrogens is 362 g/mol. The zero-order chi connectivity index (χ0) is 20.2. The van der Waals surface area contributed by atoms with Crippen molar-refractivity contribution in [1.29, 1.82) is 0 Å². The lowest BCUT2D eigenvalue weighted by molar-refractivity contribution is -0.130. The summed E-state index contributed by atoms with van der Waals surface area (Å²) in [7, 11) is 3.70. The smallest absolute Gasteiger partial charge is 0.236 e. The number of carbonyl (C=O) groups is 1. The Balaban J connectivity index is 1.27. The minimum absolute atomic E-state index is 0.198. The Morgan fingerprint density at radius 1 is 1.07 bits per heavy atom. The van der Waals surface area contributed by atoms with Crippen LogP contribution in [-0.2, 0) is 22.4 Å². The molecule has 160 valence electrons. The van der Waals surface area contributed by atoms with Crippen LogP contribution < -0.4 is 0 Å². The number of piperidine rings is 1. The highest BCUT2D eigenvalue weighted by Gasteiger charge is 2.31. The third-order valence-corrected chi connectivity index (χ3v) is 7.05. The molecule has 1 amide bonds. The zero-order valence-corrected chi connectivity index (χ0v) is 18.2. The summed E-state index contributed by atoms with van der Waals surface area (Å²) in [5.41, 5.74) is 3.09. The number of hydrogen-bond donors (Lipinski definition) is 0. The number of rotatable bonds is 7. The Hall–Kier alpha value is -1.43. The second-order valence-electron chi connectivity index (χ2n) is 9.43. The molecule has 1 atom stereocenters. The van der Waals surface area contributed by atoms with Gasteiger partial charge in [-0.25, -0.2) is 0 Å². The van der Waals surface area contributed by atoms with E-state index in [1.807, 2.05) is 14.1 Å². The first-order valence-corrected chi connectivity index (χ1v) is 11.4. The van der Waals surface area contributed by atoms with Crippen LogP contribution in [0.3, 0.4) is 0 Å². The van der Waals surface area contributed by atoms with E-state index < -0.39 is 0 Å². The van der Waals surface area contributed by atoms with Crippen LogP contribution in [0, 0.1) is 5.92 Å². The molecule has 2 aliphatic heterocycles. The minimum Gasteiger partial charge on any atom is -0.377 e. The van der Waals surface area contributed by atoms with E-state index in [0.717, 1.165) is 32.5 Å². The van der Waals surface area contributed by atoms with Gasteiger partial charge in [0.2, 0.25) is 5.91 Å². The summed E-state index contributed by atoms with van der Waals surface area (Å²) in [5, 5.41) is 0. The zero-order valence-electron chi connectivity index (χ0n) is 18.2. The lowest BCUT2D eigenvalue weighted by Crippen LogP contribution is -2.46. The van der Waals surface area contributed by atoms with Crippen molar-refractivity contribution in [2.75, 3.05) is 53.4 Å². The number of amides is 1. The Labute approximate surface area is 176 Å². The second-order valence-corrected chi connectivity index (χ2v) is 9.43. The molecule has 1 aromatic carbocycles. The normalized spacial score (nSPS) is 23.6. The van der Waals surface area contributed by atoms with Crippen LogP contribution in [0.25, 0.3) is 0 Å². The minimum atomic E-state index is 0.198. The maximum absolute atomic E-state index is 12.3. The molecule has 2 saturated heterocycles. The molecule has 29 heavy (non-hydrogen) atoms. The SMILES string of the molecule is CN(C)C(=O)CN(CC1CCN(C2Cc3ccccc3C2)CC1)C[C@H]1CCCO1. The summed E-state index contributed by atoms with van der Waals surface area (Å²) in [6, 6.07) is 9.63. The van der Waals surface area contributed by atoms with E-state index in [2.05, 4.69) is 34.1 Å². The van der Waals surface area contributed by atoms with Gasteiger partial charge in [-0.15, -0.1) is 0 Å². The van der Waals surface area contributed by atoms with Crippen LogP contribution in [0.1, 0.15) is 36.8 Å². The van der Waals surface area contributed by atoms with Gasteiger partial charge in [-0.1, -0.05) is 24.3 Å². The Bertz CT molecular complexity index is 653. The number of hydrogen-bond acceptors (Lipinski definition) is 4. The monoisotopic (exact) mass is 399 g/mol. The molecule has 1 aliphatic carbocycles. The van der Waals surface area contributed by atoms with E-state index in [9.17, 15) is 4.79 Å². The van der Waals surface area contributed by atoms with E-state index in [4.69, 9.17) is 4.74 Å². The fraction of sp³-hybridized carbons (Fsp3) is 0.708. The molecule has 0 unspecified atom stereocenters. The van der Waals surface area contributed by atoms with Crippen molar-refractivity contribution in [3.63, 3.8) is 0 Å². The van der Waals surface area contributed by atoms with Crippen molar-refractivity contribution in [2.45, 2.75) is 50.7 Å². The average Bonchev–Trinajstić information content (AvgIpc) is 3.37. The van der Waals surface area contributed by atoms with Gasteiger partial charge in [0.1, 0.15) is 0 Å². The van der Waals surface area contributed by atoms with E-state index >= 15 is 0 Å². The van der Waals surface area contributed by atoms with Crippen LogP contribution in [-0.4, -0.2) is 86.2 Å². The molecule has 0 N–H and O–H groups in total. The van der Waals surface area contributed by atoms with E-state index in [1.54, 1.807) is 16.0 Å². The van der Waals surface area contributed by atoms with E-state index in [1.165, 1.54) is 38.8 Å². The van der Waals surface area contributed by atoms with Gasteiger partial charge >= 0.3 is 0 Å². The Morgan fingerprint density at radius 3 is 2.34 bits per heavy atom. The van der Waals surface area contributed by atoms with Crippen LogP contribution in [0.5, 0.6) is 0 Å². The predicted molar refractivity (Wildman–Crippen MR) is 116 cm³/mol. The number of fused-ring (bicyclic) bond motifs is 1. The first-order chi connectivity index (χ1) is 14.1. The molecule has 0 spiro atoms. The molecule has 5 nitrogen and oxygen atoms in total. The third-order valence-electron chi connectivity index (χ3n) is 7.05. The quantitative estimate of drug-likeness (QED) is 0.706. The first kappa shape index (κ1) is 20.8. The molecule has 4 rings (SSSR count). The summed E-state index contributed by atoms with van der Waals surface area (Å²) in [4.78, 5) is 19.1. The molecular formula is C24H37N3O2. The van der Waals surface area contributed by atoms with Gasteiger partial charge in [0.05, 0.1) is 12.6 Å². The largest absolute Gasteiger partial charge is 0.377 e. The number of ether oxygens (including phenoxy) is 1. The third kappa shape index (κ3) is 5.39. The van der Waals surface area contributed by atoms with Crippen LogP contribution in [0.15, 0.2) is 24.3 Å². The molecule has 5 heteroatoms. The van der Waals surface area contributed by atoms with Gasteiger partial charge in [0.15, 0.2) is 0 Å². The van der Waals surface area contributed by atoms with Gasteiger partial charge in [0.25, 0.3) is 0 Å². The van der Waals surface area contributed by atoms with Gasteiger partial charge in [-0.3, -0.25) is 14.6 Å². The van der Waals surface area contributed by atoms with Gasteiger partial charge < -0.3 is 9.64 Å². The summed E-state index contributed by atoms with van der Waals surface area (Å²) in [5.74, 6) is 0.885. The van der Waals surface area contributed by atoms with Crippen LogP contribution in [0.4, 0.5) is 0 Å². The van der Waals surface area contributed by atoms with Crippen molar-refractivity contribution in [2.24, 2.45) is 5.92 Å². The van der Waals surface area contributed by atoms with Crippen LogP contribution in [0.2, 0.25) is 0 Å². The first-order valence-electron chi connectivity index (χ1n) is 11.4. The second kappa shape index (κ2) is 9.59. The highest BCUT2D eigenvalue weighted by atomic mass is 16.5. The molecule has 2 heterocycles. The molecule has 1 aromatic rings. The number of likely N-dealkylation sites (tertiary alicyclic amines) is 1. The summed E-state index contributed by atoms with van der Waals surface area (Å²) >= 11 is 0. The van der Waals surface area contributed by atoms with E-state index in [0.29, 0.717) is 24.6 Å². The summed E-state index contributed by atoms with van der Waals surface area (Å²) in [6.45, 7) is 5.71. The standard InChI is InChI=1S/C24H37N3O2/c1-25(2)24(28)18-26(17-23-8-5-13-29-23)16-19-9-11-27(12-10-19)22-14-20-6-3-4-7-21(20)15-22/h3-4,6-7,19,22-23H,5,8-18H2,1-2H3/t23-/m1/s1. The molecule has 0 radical (unpaired) electrons. The van der Waals surface area contributed by atoms with Crippen molar-refractivity contribution >= 4 is 5.91 Å². The fourth-order valence-electron chi connectivity index (χ4n) is 5.27. The molecule has 2 fully saturated rings. The highest BCUT2D eigenvalue weighted by molar-refractivity contribution is 5.77. The maximum Gasteiger partial charge on any atom is 0.236 e. The lowest BCUT2D eigenvalue weighted by atomic mass is 9.94. The van der Waals surface area contributed by atoms with Gasteiger partial charge in [0, 0.05) is 39.8 Å².